The zero-order valence-corrected chi connectivity index (χ0v) is 9.60. The van der Waals surface area contributed by atoms with Crippen LogP contribution in [0.25, 0.3) is 0 Å². The van der Waals surface area contributed by atoms with Gasteiger partial charge in [-0.1, -0.05) is 13.3 Å². The Morgan fingerprint density at radius 2 is 2.38 bits per heavy atom. The second kappa shape index (κ2) is 5.86. The van der Waals surface area contributed by atoms with Crippen molar-refractivity contribution in [3.8, 4) is 6.07 Å². The van der Waals surface area contributed by atoms with Gasteiger partial charge in [0.05, 0.1) is 11.1 Å². The first-order chi connectivity index (χ1) is 7.70. The van der Waals surface area contributed by atoms with E-state index in [2.05, 4.69) is 11.9 Å². The van der Waals surface area contributed by atoms with E-state index in [9.17, 15) is 4.79 Å². The van der Waals surface area contributed by atoms with Gasteiger partial charge in [-0.15, -0.1) is 0 Å². The summed E-state index contributed by atoms with van der Waals surface area (Å²) in [4.78, 5) is 17.5. The third kappa shape index (κ3) is 2.80. The number of carbonyl (C=O) groups excluding carboxylic acids is 1. The number of aromatic nitrogens is 1. The van der Waals surface area contributed by atoms with Crippen molar-refractivity contribution < 1.29 is 4.79 Å². The average Bonchev–Trinajstić information content (AvgIpc) is 2.34. The van der Waals surface area contributed by atoms with Gasteiger partial charge >= 0.3 is 0 Å². The molecule has 4 heteroatoms. The first-order valence-corrected chi connectivity index (χ1v) is 5.30. The summed E-state index contributed by atoms with van der Waals surface area (Å²) < 4.78 is 0. The van der Waals surface area contributed by atoms with Crippen molar-refractivity contribution in [1.29, 1.82) is 5.26 Å². The number of rotatable bonds is 4. The fourth-order valence-corrected chi connectivity index (χ4v) is 1.36. The Balaban J connectivity index is 2.84. The summed E-state index contributed by atoms with van der Waals surface area (Å²) in [6.07, 6.45) is 4.96. The lowest BCUT2D eigenvalue weighted by atomic mass is 10.1. The first kappa shape index (κ1) is 12.2. The van der Waals surface area contributed by atoms with Crippen LogP contribution in [-0.2, 0) is 0 Å². The van der Waals surface area contributed by atoms with Crippen LogP contribution in [0, 0.1) is 11.3 Å². The van der Waals surface area contributed by atoms with Crippen molar-refractivity contribution in [2.45, 2.75) is 19.8 Å². The summed E-state index contributed by atoms with van der Waals surface area (Å²) in [7, 11) is 1.74. The molecule has 0 unspecified atom stereocenters. The molecule has 0 N–H and O–H groups in total. The smallest absolute Gasteiger partial charge is 0.256 e. The van der Waals surface area contributed by atoms with Crippen LogP contribution in [0.2, 0.25) is 0 Å². The van der Waals surface area contributed by atoms with E-state index in [1.54, 1.807) is 18.0 Å². The van der Waals surface area contributed by atoms with Gasteiger partial charge in [0.1, 0.15) is 6.07 Å². The Morgan fingerprint density at radius 1 is 1.62 bits per heavy atom. The number of hydrogen-bond donors (Lipinski definition) is 0. The van der Waals surface area contributed by atoms with Crippen molar-refractivity contribution in [1.82, 2.24) is 9.88 Å². The highest BCUT2D eigenvalue weighted by atomic mass is 16.2. The molecule has 1 aromatic rings. The molecule has 0 atom stereocenters. The zero-order valence-electron chi connectivity index (χ0n) is 9.60. The number of carbonyl (C=O) groups is 1. The molecule has 4 nitrogen and oxygen atoms in total. The molecule has 0 aliphatic rings. The minimum Gasteiger partial charge on any atom is -0.342 e. The van der Waals surface area contributed by atoms with E-state index in [-0.39, 0.29) is 5.91 Å². The number of amides is 1. The topological polar surface area (TPSA) is 57.0 Å². The second-order valence-electron chi connectivity index (χ2n) is 3.61. The van der Waals surface area contributed by atoms with Gasteiger partial charge in [0.25, 0.3) is 5.91 Å². The molecule has 0 fully saturated rings. The number of nitriles is 1. The van der Waals surface area contributed by atoms with Crippen LogP contribution in [0.3, 0.4) is 0 Å². The predicted octanol–water partition coefficient (Wildman–Crippen LogP) is 1.83. The summed E-state index contributed by atoms with van der Waals surface area (Å²) in [6.45, 7) is 2.78. The zero-order chi connectivity index (χ0) is 12.0. The van der Waals surface area contributed by atoms with Crippen molar-refractivity contribution in [2.24, 2.45) is 0 Å². The highest BCUT2D eigenvalue weighted by Crippen LogP contribution is 2.08. The van der Waals surface area contributed by atoms with Gasteiger partial charge in [-0.2, -0.15) is 5.26 Å². The molecule has 84 valence electrons. The lowest BCUT2D eigenvalue weighted by Crippen LogP contribution is -2.28. The molecule has 0 aromatic carbocycles. The molecule has 0 saturated carbocycles. The van der Waals surface area contributed by atoms with Crippen LogP contribution >= 0.6 is 0 Å². The van der Waals surface area contributed by atoms with Gasteiger partial charge in [0.2, 0.25) is 0 Å². The normalized spacial score (nSPS) is 9.56. The van der Waals surface area contributed by atoms with E-state index in [4.69, 9.17) is 5.26 Å². The summed E-state index contributed by atoms with van der Waals surface area (Å²) in [5.74, 6) is -0.141. The molecule has 1 aromatic heterocycles. The summed E-state index contributed by atoms with van der Waals surface area (Å²) >= 11 is 0. The Labute approximate surface area is 95.5 Å². The van der Waals surface area contributed by atoms with E-state index >= 15 is 0 Å². The Morgan fingerprint density at radius 3 is 3.00 bits per heavy atom. The average molecular weight is 217 g/mol. The fourth-order valence-electron chi connectivity index (χ4n) is 1.36. The minimum atomic E-state index is -0.141. The highest BCUT2D eigenvalue weighted by Gasteiger charge is 2.15. The maximum Gasteiger partial charge on any atom is 0.256 e. The minimum absolute atomic E-state index is 0.141. The molecule has 1 amide bonds. The van der Waals surface area contributed by atoms with Gasteiger partial charge < -0.3 is 4.90 Å². The molecule has 0 aliphatic heterocycles. The van der Waals surface area contributed by atoms with Crippen LogP contribution in [0.4, 0.5) is 0 Å². The Bertz CT molecular complexity index is 409. The standard InChI is InChI=1S/C12H15N3O/c1-3-4-7-15(2)12(16)11-9-14-6-5-10(11)8-13/h5-6,9H,3-4,7H2,1-2H3. The Hall–Kier alpha value is -1.89. The molecule has 1 rings (SSSR count). The van der Waals surface area contributed by atoms with Crippen LogP contribution < -0.4 is 0 Å². The van der Waals surface area contributed by atoms with Crippen molar-refractivity contribution in [3.05, 3.63) is 29.6 Å². The van der Waals surface area contributed by atoms with Gasteiger partial charge in [-0.3, -0.25) is 9.78 Å². The quantitative estimate of drug-likeness (QED) is 0.773. The van der Waals surface area contributed by atoms with Crippen molar-refractivity contribution >= 4 is 5.91 Å². The van der Waals surface area contributed by atoms with Gasteiger partial charge in [0, 0.05) is 26.0 Å². The summed E-state index contributed by atoms with van der Waals surface area (Å²) in [5, 5.41) is 8.88. The lowest BCUT2D eigenvalue weighted by Gasteiger charge is -2.16. The molecule has 0 spiro atoms. The summed E-state index contributed by atoms with van der Waals surface area (Å²) in [5.41, 5.74) is 0.756. The largest absolute Gasteiger partial charge is 0.342 e. The van der Waals surface area contributed by atoms with E-state index in [0.717, 1.165) is 12.8 Å². The van der Waals surface area contributed by atoms with E-state index in [0.29, 0.717) is 17.7 Å². The van der Waals surface area contributed by atoms with Gasteiger partial charge in [-0.05, 0) is 12.5 Å². The molecule has 16 heavy (non-hydrogen) atoms. The van der Waals surface area contributed by atoms with Crippen LogP contribution in [-0.4, -0.2) is 29.4 Å². The molecule has 0 saturated heterocycles. The van der Waals surface area contributed by atoms with E-state index in [1.165, 1.54) is 12.4 Å². The van der Waals surface area contributed by atoms with E-state index in [1.807, 2.05) is 6.07 Å². The SMILES string of the molecule is CCCCN(C)C(=O)c1cnccc1C#N. The van der Waals surface area contributed by atoms with Gasteiger partial charge in [-0.25, -0.2) is 0 Å². The monoisotopic (exact) mass is 217 g/mol. The molecule has 0 aliphatic carbocycles. The predicted molar refractivity (Wildman–Crippen MR) is 60.8 cm³/mol. The second-order valence-corrected chi connectivity index (χ2v) is 3.61. The first-order valence-electron chi connectivity index (χ1n) is 5.30. The molecular formula is C12H15N3O. The van der Waals surface area contributed by atoms with Crippen molar-refractivity contribution in [3.63, 3.8) is 0 Å². The molecule has 0 radical (unpaired) electrons. The number of unbranched alkanes of at least 4 members (excludes halogenated alkanes) is 1. The fraction of sp³-hybridized carbons (Fsp3) is 0.417. The molecule has 0 bridgehead atoms. The number of hydrogen-bond acceptors (Lipinski definition) is 3. The van der Waals surface area contributed by atoms with Crippen molar-refractivity contribution in [2.75, 3.05) is 13.6 Å². The maximum absolute atomic E-state index is 12.0. The van der Waals surface area contributed by atoms with Gasteiger partial charge in [0.15, 0.2) is 0 Å². The van der Waals surface area contributed by atoms with Crippen LogP contribution in [0.15, 0.2) is 18.5 Å². The Kier molecular flexibility index (Phi) is 4.46. The van der Waals surface area contributed by atoms with Crippen LogP contribution in [0.5, 0.6) is 0 Å². The van der Waals surface area contributed by atoms with E-state index < -0.39 is 0 Å². The van der Waals surface area contributed by atoms with Crippen LogP contribution in [0.1, 0.15) is 35.7 Å². The maximum atomic E-state index is 12.0. The highest BCUT2D eigenvalue weighted by molar-refractivity contribution is 5.96. The number of nitrogens with zero attached hydrogens (tertiary/aromatic N) is 3. The third-order valence-electron chi connectivity index (χ3n) is 2.37. The number of pyridine rings is 1. The molecular weight excluding hydrogens is 202 g/mol. The molecule has 1 heterocycles. The lowest BCUT2D eigenvalue weighted by molar-refractivity contribution is 0.0792. The summed E-state index contributed by atoms with van der Waals surface area (Å²) in [6, 6.07) is 3.56. The third-order valence-corrected chi connectivity index (χ3v) is 2.37.